The Hall–Kier alpha value is -1.45. The predicted molar refractivity (Wildman–Crippen MR) is 89.3 cm³/mol. The van der Waals surface area contributed by atoms with Crippen molar-refractivity contribution in [2.24, 2.45) is 0 Å². The zero-order valence-electron chi connectivity index (χ0n) is 10.9. The lowest BCUT2D eigenvalue weighted by Crippen LogP contribution is -2.23. The third-order valence-corrected chi connectivity index (χ3v) is 5.13. The fourth-order valence-corrected chi connectivity index (χ4v) is 3.30. The predicted octanol–water partition coefficient (Wildman–Crippen LogP) is 2.65. The number of sulfonamides is 1. The number of aromatic nitrogens is 2. The summed E-state index contributed by atoms with van der Waals surface area (Å²) in [4.78, 5) is 7.68. The highest BCUT2D eigenvalue weighted by Crippen LogP contribution is 2.13. The first kappa shape index (κ1) is 14.5. The maximum Gasteiger partial charge on any atom is 0.240 e. The molecule has 0 amide bonds. The number of imidazole rings is 1. The molecule has 108 valence electrons. The number of nitrogens with one attached hydrogen (secondary N) is 2. The number of hydrogen-bond acceptors (Lipinski definition) is 3. The van der Waals surface area contributed by atoms with Gasteiger partial charge in [-0.15, -0.1) is 0 Å². The molecule has 3 aromatic rings. The number of benzene rings is 2. The molecular weight excluding hydrogens is 401 g/mol. The fourth-order valence-electron chi connectivity index (χ4n) is 1.95. The largest absolute Gasteiger partial charge is 0.341 e. The Morgan fingerprint density at radius 2 is 1.81 bits per heavy atom. The second-order valence-corrected chi connectivity index (χ2v) is 7.49. The molecule has 0 aliphatic carbocycles. The van der Waals surface area contributed by atoms with E-state index in [0.29, 0.717) is 5.82 Å². The number of fused-ring (bicyclic) bond motifs is 1. The van der Waals surface area contributed by atoms with E-state index < -0.39 is 10.0 Å². The van der Waals surface area contributed by atoms with Crippen LogP contribution in [0.4, 0.5) is 0 Å². The Balaban J connectivity index is 1.78. The molecule has 0 atom stereocenters. The Kier molecular flexibility index (Phi) is 3.96. The number of hydrogen-bond donors (Lipinski definition) is 2. The Labute approximate surface area is 136 Å². The third kappa shape index (κ3) is 3.25. The van der Waals surface area contributed by atoms with Gasteiger partial charge in [-0.1, -0.05) is 12.1 Å². The first-order valence-corrected chi connectivity index (χ1v) is 8.80. The van der Waals surface area contributed by atoms with E-state index in [-0.39, 0.29) is 11.4 Å². The van der Waals surface area contributed by atoms with Gasteiger partial charge in [0.05, 0.1) is 22.5 Å². The van der Waals surface area contributed by atoms with E-state index in [2.05, 4.69) is 37.3 Å². The van der Waals surface area contributed by atoms with Crippen molar-refractivity contribution in [3.63, 3.8) is 0 Å². The van der Waals surface area contributed by atoms with Crippen LogP contribution in [0.1, 0.15) is 5.82 Å². The van der Waals surface area contributed by atoms with Crippen molar-refractivity contribution in [1.29, 1.82) is 0 Å². The van der Waals surface area contributed by atoms with E-state index in [0.717, 1.165) is 14.6 Å². The highest BCUT2D eigenvalue weighted by molar-refractivity contribution is 14.1. The summed E-state index contributed by atoms with van der Waals surface area (Å²) in [5, 5.41) is 0. The monoisotopic (exact) mass is 413 g/mol. The van der Waals surface area contributed by atoms with Crippen LogP contribution in [-0.4, -0.2) is 18.4 Å². The summed E-state index contributed by atoms with van der Waals surface area (Å²) in [5.74, 6) is 0.588. The summed E-state index contributed by atoms with van der Waals surface area (Å²) in [6.07, 6.45) is 0. The van der Waals surface area contributed by atoms with Crippen molar-refractivity contribution < 1.29 is 8.42 Å². The molecular formula is C14H12IN3O2S. The number of halogens is 1. The highest BCUT2D eigenvalue weighted by atomic mass is 127. The molecule has 7 heteroatoms. The first-order chi connectivity index (χ1) is 10.0. The van der Waals surface area contributed by atoms with Crippen LogP contribution in [0, 0.1) is 3.57 Å². The van der Waals surface area contributed by atoms with Gasteiger partial charge in [-0.25, -0.2) is 18.1 Å². The second-order valence-electron chi connectivity index (χ2n) is 4.48. The van der Waals surface area contributed by atoms with Gasteiger partial charge in [0, 0.05) is 3.57 Å². The van der Waals surface area contributed by atoms with Crippen LogP contribution < -0.4 is 4.72 Å². The number of aromatic amines is 1. The van der Waals surface area contributed by atoms with Gasteiger partial charge in [0.1, 0.15) is 5.82 Å². The van der Waals surface area contributed by atoms with Gasteiger partial charge >= 0.3 is 0 Å². The van der Waals surface area contributed by atoms with E-state index in [1.807, 2.05) is 24.3 Å². The molecule has 21 heavy (non-hydrogen) atoms. The van der Waals surface area contributed by atoms with Crippen LogP contribution >= 0.6 is 22.6 Å². The van der Waals surface area contributed by atoms with Gasteiger partial charge in [0.2, 0.25) is 10.0 Å². The van der Waals surface area contributed by atoms with Gasteiger partial charge in [-0.05, 0) is 59.0 Å². The minimum atomic E-state index is -3.53. The van der Waals surface area contributed by atoms with Crippen LogP contribution in [0.2, 0.25) is 0 Å². The average Bonchev–Trinajstić information content (AvgIpc) is 2.89. The van der Waals surface area contributed by atoms with Crippen LogP contribution in [0.25, 0.3) is 11.0 Å². The molecule has 0 fully saturated rings. The molecule has 2 N–H and O–H groups in total. The lowest BCUT2D eigenvalue weighted by Gasteiger charge is -2.05. The molecule has 0 bridgehead atoms. The normalized spacial score (nSPS) is 11.9. The molecule has 0 radical (unpaired) electrons. The number of rotatable bonds is 4. The lowest BCUT2D eigenvalue weighted by atomic mass is 10.3. The van der Waals surface area contributed by atoms with Crippen molar-refractivity contribution in [1.82, 2.24) is 14.7 Å². The molecule has 1 heterocycles. The summed E-state index contributed by atoms with van der Waals surface area (Å²) < 4.78 is 27.9. The molecule has 0 aliphatic rings. The van der Waals surface area contributed by atoms with Crippen LogP contribution in [0.3, 0.4) is 0 Å². The minimum Gasteiger partial charge on any atom is -0.341 e. The van der Waals surface area contributed by atoms with Crippen LogP contribution in [0.5, 0.6) is 0 Å². The third-order valence-electron chi connectivity index (χ3n) is 2.99. The highest BCUT2D eigenvalue weighted by Gasteiger charge is 2.14. The molecule has 3 rings (SSSR count). The zero-order valence-corrected chi connectivity index (χ0v) is 13.8. The summed E-state index contributed by atoms with van der Waals surface area (Å²) in [6, 6.07) is 14.3. The molecule has 5 nitrogen and oxygen atoms in total. The quantitative estimate of drug-likeness (QED) is 0.646. The molecule has 0 aliphatic heterocycles. The molecule has 0 saturated carbocycles. The summed E-state index contributed by atoms with van der Waals surface area (Å²) in [7, 11) is -3.53. The lowest BCUT2D eigenvalue weighted by molar-refractivity contribution is 0.579. The summed E-state index contributed by atoms with van der Waals surface area (Å²) >= 11 is 2.13. The topological polar surface area (TPSA) is 74.8 Å². The van der Waals surface area contributed by atoms with E-state index in [1.54, 1.807) is 24.3 Å². The van der Waals surface area contributed by atoms with Crippen LogP contribution in [0.15, 0.2) is 53.4 Å². The fraction of sp³-hybridized carbons (Fsp3) is 0.0714. The van der Waals surface area contributed by atoms with E-state index in [1.165, 1.54) is 0 Å². The maximum atomic E-state index is 12.2. The SMILES string of the molecule is O=S(=O)(NCc1nc2ccccc2[nH]1)c1ccc(I)cc1. The first-order valence-electron chi connectivity index (χ1n) is 6.23. The van der Waals surface area contributed by atoms with Crippen molar-refractivity contribution in [3.8, 4) is 0 Å². The van der Waals surface area contributed by atoms with Gasteiger partial charge < -0.3 is 4.98 Å². The van der Waals surface area contributed by atoms with Gasteiger partial charge in [-0.2, -0.15) is 0 Å². The van der Waals surface area contributed by atoms with E-state index >= 15 is 0 Å². The molecule has 1 aromatic heterocycles. The Morgan fingerprint density at radius 3 is 2.52 bits per heavy atom. The van der Waals surface area contributed by atoms with Crippen molar-refractivity contribution in [2.45, 2.75) is 11.4 Å². The van der Waals surface area contributed by atoms with Crippen molar-refractivity contribution >= 4 is 43.6 Å². The molecule has 0 unspecified atom stereocenters. The molecule has 2 aromatic carbocycles. The van der Waals surface area contributed by atoms with Crippen molar-refractivity contribution in [3.05, 3.63) is 57.9 Å². The van der Waals surface area contributed by atoms with E-state index in [4.69, 9.17) is 0 Å². The number of H-pyrrole nitrogens is 1. The van der Waals surface area contributed by atoms with E-state index in [9.17, 15) is 8.42 Å². The number of para-hydroxylation sites is 2. The summed E-state index contributed by atoms with van der Waals surface area (Å²) in [6.45, 7) is 0.128. The average molecular weight is 413 g/mol. The summed E-state index contributed by atoms with van der Waals surface area (Å²) in [5.41, 5.74) is 1.71. The van der Waals surface area contributed by atoms with Gasteiger partial charge in [0.15, 0.2) is 0 Å². The smallest absolute Gasteiger partial charge is 0.240 e. The molecule has 0 spiro atoms. The number of nitrogens with zero attached hydrogens (tertiary/aromatic N) is 1. The standard InChI is InChI=1S/C14H12IN3O2S/c15-10-5-7-11(8-6-10)21(19,20)16-9-14-17-12-3-1-2-4-13(12)18-14/h1-8,16H,9H2,(H,17,18). The zero-order chi connectivity index (χ0) is 14.9. The van der Waals surface area contributed by atoms with Gasteiger partial charge in [0.25, 0.3) is 0 Å². The van der Waals surface area contributed by atoms with Crippen molar-refractivity contribution in [2.75, 3.05) is 0 Å². The molecule has 0 saturated heterocycles. The Morgan fingerprint density at radius 1 is 1.10 bits per heavy atom. The Bertz CT molecular complexity index is 840. The van der Waals surface area contributed by atoms with Gasteiger partial charge in [-0.3, -0.25) is 0 Å². The minimum absolute atomic E-state index is 0.128. The van der Waals surface area contributed by atoms with Crippen LogP contribution in [-0.2, 0) is 16.6 Å². The maximum absolute atomic E-state index is 12.2. The second kappa shape index (κ2) is 5.74.